The van der Waals surface area contributed by atoms with Gasteiger partial charge in [0.25, 0.3) is 0 Å². The topological polar surface area (TPSA) is 44.7 Å². The molecule has 0 unspecified atom stereocenters. The van der Waals surface area contributed by atoms with Crippen LogP contribution in [0.5, 0.6) is 0 Å². The Hall–Kier alpha value is -2.27. The SMILES string of the molecule is Cc1ccc(N(C(=O)Nc2ccccc2)C2=NC[C@H](C)S2)cc1C. The lowest BCUT2D eigenvalue weighted by Crippen LogP contribution is -2.38. The Kier molecular flexibility index (Phi) is 4.90. The molecule has 0 saturated carbocycles. The predicted octanol–water partition coefficient (Wildman–Crippen LogP) is 4.83. The Morgan fingerprint density at radius 1 is 1.17 bits per heavy atom. The molecule has 2 aromatic rings. The second-order valence-corrected chi connectivity index (χ2v) is 7.36. The van der Waals surface area contributed by atoms with E-state index in [-0.39, 0.29) is 6.03 Å². The maximum absolute atomic E-state index is 12.9. The maximum atomic E-state index is 12.9. The molecular weight excluding hydrogens is 318 g/mol. The number of anilines is 2. The van der Waals surface area contributed by atoms with Gasteiger partial charge in [-0.25, -0.2) is 9.69 Å². The van der Waals surface area contributed by atoms with Crippen molar-refractivity contribution < 1.29 is 4.79 Å². The highest BCUT2D eigenvalue weighted by atomic mass is 32.2. The molecule has 0 saturated heterocycles. The summed E-state index contributed by atoms with van der Waals surface area (Å²) in [6.45, 7) is 6.98. The Bertz CT molecular complexity index is 773. The van der Waals surface area contributed by atoms with Crippen LogP contribution in [0.15, 0.2) is 53.5 Å². The van der Waals surface area contributed by atoms with Gasteiger partial charge in [-0.05, 0) is 49.2 Å². The lowest BCUT2D eigenvalue weighted by Gasteiger charge is -2.23. The van der Waals surface area contributed by atoms with Crippen LogP contribution in [0.2, 0.25) is 0 Å². The zero-order chi connectivity index (χ0) is 17.1. The first-order chi connectivity index (χ1) is 11.5. The summed E-state index contributed by atoms with van der Waals surface area (Å²) in [5, 5.41) is 4.10. The van der Waals surface area contributed by atoms with E-state index in [1.807, 2.05) is 48.5 Å². The molecule has 2 aromatic carbocycles. The van der Waals surface area contributed by atoms with Gasteiger partial charge in [0.2, 0.25) is 0 Å². The number of nitrogens with zero attached hydrogens (tertiary/aromatic N) is 2. The summed E-state index contributed by atoms with van der Waals surface area (Å²) in [5.41, 5.74) is 3.97. The van der Waals surface area contributed by atoms with Gasteiger partial charge in [-0.3, -0.25) is 4.99 Å². The lowest BCUT2D eigenvalue weighted by molar-refractivity contribution is 0.259. The predicted molar refractivity (Wildman–Crippen MR) is 103 cm³/mol. The van der Waals surface area contributed by atoms with E-state index in [0.29, 0.717) is 5.25 Å². The first kappa shape index (κ1) is 16.6. The summed E-state index contributed by atoms with van der Waals surface area (Å²) in [6.07, 6.45) is 0. The Morgan fingerprint density at radius 3 is 2.54 bits per heavy atom. The molecule has 1 heterocycles. The van der Waals surface area contributed by atoms with Crippen LogP contribution in [0.4, 0.5) is 16.2 Å². The average molecular weight is 339 g/mol. The summed E-state index contributed by atoms with van der Waals surface area (Å²) in [7, 11) is 0. The summed E-state index contributed by atoms with van der Waals surface area (Å²) in [4.78, 5) is 19.2. The van der Waals surface area contributed by atoms with Gasteiger partial charge in [0, 0.05) is 10.9 Å². The fourth-order valence-corrected chi connectivity index (χ4v) is 3.42. The van der Waals surface area contributed by atoms with E-state index >= 15 is 0 Å². The van der Waals surface area contributed by atoms with E-state index in [4.69, 9.17) is 0 Å². The fraction of sp³-hybridized carbons (Fsp3) is 0.263. The van der Waals surface area contributed by atoms with Crippen molar-refractivity contribution in [1.29, 1.82) is 0 Å². The molecule has 24 heavy (non-hydrogen) atoms. The number of benzene rings is 2. The maximum Gasteiger partial charge on any atom is 0.332 e. The molecule has 124 valence electrons. The standard InChI is InChI=1S/C19H21N3OS/c1-13-9-10-17(11-14(13)2)22(19-20-12-15(3)24-19)18(23)21-16-7-5-4-6-8-16/h4-11,15H,12H2,1-3H3,(H,21,23)/t15-/m0/s1. The number of thioether (sulfide) groups is 1. The molecule has 3 rings (SSSR count). The second kappa shape index (κ2) is 7.09. The number of urea groups is 1. The van der Waals surface area contributed by atoms with Gasteiger partial charge in [0.1, 0.15) is 0 Å². The molecule has 0 bridgehead atoms. The first-order valence-corrected chi connectivity index (χ1v) is 8.87. The van der Waals surface area contributed by atoms with Crippen LogP contribution in [-0.2, 0) is 0 Å². The first-order valence-electron chi connectivity index (χ1n) is 7.99. The number of aryl methyl sites for hydroxylation is 2. The molecule has 1 aliphatic heterocycles. The Morgan fingerprint density at radius 2 is 1.92 bits per heavy atom. The molecule has 0 radical (unpaired) electrons. The molecule has 1 N–H and O–H groups in total. The zero-order valence-corrected chi connectivity index (χ0v) is 14.9. The zero-order valence-electron chi connectivity index (χ0n) is 14.1. The van der Waals surface area contributed by atoms with Gasteiger partial charge in [0.05, 0.1) is 12.2 Å². The number of nitrogens with one attached hydrogen (secondary N) is 1. The van der Waals surface area contributed by atoms with E-state index in [2.05, 4.69) is 31.1 Å². The molecule has 0 fully saturated rings. The number of rotatable bonds is 2. The van der Waals surface area contributed by atoms with Crippen LogP contribution in [0.1, 0.15) is 18.1 Å². The fourth-order valence-electron chi connectivity index (χ4n) is 2.46. The second-order valence-electron chi connectivity index (χ2n) is 5.95. The van der Waals surface area contributed by atoms with Crippen LogP contribution in [0.25, 0.3) is 0 Å². The van der Waals surface area contributed by atoms with Crippen molar-refractivity contribution >= 4 is 34.3 Å². The summed E-state index contributed by atoms with van der Waals surface area (Å²) in [6, 6.07) is 15.3. The van der Waals surface area contributed by atoms with Crippen LogP contribution < -0.4 is 10.2 Å². The highest BCUT2D eigenvalue weighted by Crippen LogP contribution is 2.29. The van der Waals surface area contributed by atoms with Gasteiger partial charge < -0.3 is 5.32 Å². The van der Waals surface area contributed by atoms with Crippen molar-refractivity contribution in [3.8, 4) is 0 Å². The van der Waals surface area contributed by atoms with Gasteiger partial charge in [-0.15, -0.1) is 0 Å². The van der Waals surface area contributed by atoms with Crippen LogP contribution in [0, 0.1) is 13.8 Å². The largest absolute Gasteiger partial charge is 0.332 e. The quantitative estimate of drug-likeness (QED) is 0.851. The third-order valence-electron chi connectivity index (χ3n) is 3.96. The van der Waals surface area contributed by atoms with E-state index in [0.717, 1.165) is 28.7 Å². The van der Waals surface area contributed by atoms with Crippen LogP contribution >= 0.6 is 11.8 Å². The van der Waals surface area contributed by atoms with Crippen LogP contribution in [0.3, 0.4) is 0 Å². The summed E-state index contributed by atoms with van der Waals surface area (Å²) in [5.74, 6) is 0. The van der Waals surface area contributed by atoms with Crippen molar-refractivity contribution in [2.45, 2.75) is 26.0 Å². The molecule has 0 aliphatic carbocycles. The monoisotopic (exact) mass is 339 g/mol. The third-order valence-corrected chi connectivity index (χ3v) is 5.03. The number of amidine groups is 1. The van der Waals surface area contributed by atoms with Crippen molar-refractivity contribution in [2.75, 3.05) is 16.8 Å². The van der Waals surface area contributed by atoms with Gasteiger partial charge in [-0.1, -0.05) is 43.0 Å². The molecule has 5 heteroatoms. The molecular formula is C19H21N3OS. The number of carbonyl (C=O) groups excluding carboxylic acids is 1. The summed E-state index contributed by atoms with van der Waals surface area (Å²) < 4.78 is 0. The van der Waals surface area contributed by atoms with Gasteiger partial charge in [-0.2, -0.15) is 0 Å². The highest BCUT2D eigenvalue weighted by Gasteiger charge is 2.27. The molecule has 4 nitrogen and oxygen atoms in total. The van der Waals surface area contributed by atoms with Gasteiger partial charge >= 0.3 is 6.03 Å². The molecule has 0 spiro atoms. The number of aliphatic imine (C=N–C) groups is 1. The highest BCUT2D eigenvalue weighted by molar-refractivity contribution is 8.15. The number of amides is 2. The number of carbonyl (C=O) groups is 1. The molecule has 0 aromatic heterocycles. The smallest absolute Gasteiger partial charge is 0.307 e. The Labute approximate surface area is 147 Å². The molecule has 1 aliphatic rings. The van der Waals surface area contributed by atoms with Crippen LogP contribution in [-0.4, -0.2) is 23.0 Å². The average Bonchev–Trinajstić information content (AvgIpc) is 2.98. The minimum absolute atomic E-state index is 0.190. The van der Waals surface area contributed by atoms with Crippen molar-refractivity contribution in [2.24, 2.45) is 4.99 Å². The normalized spacial score (nSPS) is 16.6. The van der Waals surface area contributed by atoms with E-state index in [1.54, 1.807) is 16.7 Å². The Balaban J connectivity index is 1.92. The van der Waals surface area contributed by atoms with E-state index in [1.165, 1.54) is 5.56 Å². The molecule has 2 amide bonds. The van der Waals surface area contributed by atoms with E-state index < -0.39 is 0 Å². The van der Waals surface area contributed by atoms with Crippen molar-refractivity contribution in [3.05, 3.63) is 59.7 Å². The van der Waals surface area contributed by atoms with Crippen molar-refractivity contribution in [1.82, 2.24) is 0 Å². The molecule has 1 atom stereocenters. The summed E-state index contributed by atoms with van der Waals surface area (Å²) >= 11 is 1.63. The number of hydrogen-bond donors (Lipinski definition) is 1. The van der Waals surface area contributed by atoms with Gasteiger partial charge in [0.15, 0.2) is 5.17 Å². The van der Waals surface area contributed by atoms with E-state index in [9.17, 15) is 4.79 Å². The van der Waals surface area contributed by atoms with Crippen molar-refractivity contribution in [3.63, 3.8) is 0 Å². The third kappa shape index (κ3) is 3.62. The lowest BCUT2D eigenvalue weighted by atomic mass is 10.1. The number of hydrogen-bond acceptors (Lipinski definition) is 3. The number of para-hydroxylation sites is 1. The minimum Gasteiger partial charge on any atom is -0.307 e. The minimum atomic E-state index is -0.190.